The summed E-state index contributed by atoms with van der Waals surface area (Å²) >= 11 is 1.19. The number of hydrogen-bond donors (Lipinski definition) is 0. The zero-order chi connectivity index (χ0) is 28.4. The van der Waals surface area contributed by atoms with Gasteiger partial charge in [-0.25, -0.2) is 14.6 Å². The first-order valence-electron chi connectivity index (χ1n) is 12.0. The SMILES string of the molecule is COC(=O)C1=C(C)N=c2s/c(=C/c3ccc(OC)cc3OC)c(=O)n2C1c1ccc(OC(=O)c2ccco2)cc1. The van der Waals surface area contributed by atoms with Gasteiger partial charge in [0.05, 0.1) is 49.4 Å². The molecule has 1 aliphatic rings. The average molecular weight is 561 g/mol. The van der Waals surface area contributed by atoms with Crippen molar-refractivity contribution in [3.05, 3.63) is 109 Å². The Hall–Kier alpha value is -4.90. The molecule has 0 N–H and O–H groups in total. The topological polar surface area (TPSA) is 119 Å². The highest BCUT2D eigenvalue weighted by molar-refractivity contribution is 7.07. The van der Waals surface area contributed by atoms with Gasteiger partial charge in [0.15, 0.2) is 4.80 Å². The van der Waals surface area contributed by atoms with E-state index in [0.717, 1.165) is 0 Å². The van der Waals surface area contributed by atoms with Crippen molar-refractivity contribution in [1.82, 2.24) is 4.57 Å². The third-order valence-corrected chi connectivity index (χ3v) is 7.27. The minimum atomic E-state index is -0.821. The van der Waals surface area contributed by atoms with Crippen LogP contribution in [0.4, 0.5) is 0 Å². The summed E-state index contributed by atoms with van der Waals surface area (Å²) in [6, 6.07) is 14.1. The Labute approximate surface area is 232 Å². The zero-order valence-corrected chi connectivity index (χ0v) is 22.8. The number of esters is 2. The van der Waals surface area contributed by atoms with Crippen molar-refractivity contribution in [2.24, 2.45) is 4.99 Å². The second-order valence-electron chi connectivity index (χ2n) is 8.62. The molecule has 204 valence electrons. The number of ether oxygens (including phenoxy) is 4. The van der Waals surface area contributed by atoms with Crippen LogP contribution in [0.1, 0.15) is 34.6 Å². The van der Waals surface area contributed by atoms with E-state index in [1.165, 1.54) is 42.5 Å². The molecule has 1 unspecified atom stereocenters. The summed E-state index contributed by atoms with van der Waals surface area (Å²) in [6.45, 7) is 1.70. The minimum Gasteiger partial charge on any atom is -0.497 e. The van der Waals surface area contributed by atoms with Gasteiger partial charge in [0.1, 0.15) is 17.2 Å². The third-order valence-electron chi connectivity index (χ3n) is 6.28. The Bertz CT molecular complexity index is 1800. The number of benzene rings is 2. The van der Waals surface area contributed by atoms with E-state index in [9.17, 15) is 14.4 Å². The number of rotatable bonds is 7. The van der Waals surface area contributed by atoms with Crippen molar-refractivity contribution in [3.63, 3.8) is 0 Å². The number of fused-ring (bicyclic) bond motifs is 1. The van der Waals surface area contributed by atoms with Crippen molar-refractivity contribution in [2.75, 3.05) is 21.3 Å². The minimum absolute atomic E-state index is 0.0660. The maximum Gasteiger partial charge on any atom is 0.379 e. The highest BCUT2D eigenvalue weighted by Gasteiger charge is 2.33. The van der Waals surface area contributed by atoms with Crippen molar-refractivity contribution < 1.29 is 33.0 Å². The molecule has 0 amide bonds. The standard InChI is InChI=1S/C29H24N2O8S/c1-16-24(28(34)37-4)25(17-7-10-19(11-8-17)39-27(33)21-6-5-13-38-21)31-26(32)23(40-29(31)30-16)14-18-9-12-20(35-2)15-22(18)36-3/h5-15,25H,1-4H3/b23-14+. The van der Waals surface area contributed by atoms with E-state index < -0.39 is 18.0 Å². The lowest BCUT2D eigenvalue weighted by molar-refractivity contribution is -0.136. The average Bonchev–Trinajstić information content (AvgIpc) is 3.61. The summed E-state index contributed by atoms with van der Waals surface area (Å²) in [4.78, 5) is 43.9. The van der Waals surface area contributed by atoms with E-state index in [1.807, 2.05) is 0 Å². The molecule has 40 heavy (non-hydrogen) atoms. The molecule has 2 aromatic heterocycles. The van der Waals surface area contributed by atoms with Crippen LogP contribution in [0.25, 0.3) is 6.08 Å². The van der Waals surface area contributed by atoms with Crippen LogP contribution in [0.2, 0.25) is 0 Å². The maximum atomic E-state index is 13.8. The summed E-state index contributed by atoms with van der Waals surface area (Å²) in [6.07, 6.45) is 3.09. The van der Waals surface area contributed by atoms with Crippen LogP contribution in [-0.2, 0) is 9.53 Å². The number of carbonyl (C=O) groups is 2. The van der Waals surface area contributed by atoms with Crippen LogP contribution in [0.5, 0.6) is 17.2 Å². The summed E-state index contributed by atoms with van der Waals surface area (Å²) in [7, 11) is 4.37. The van der Waals surface area contributed by atoms with Crippen molar-refractivity contribution in [2.45, 2.75) is 13.0 Å². The smallest absolute Gasteiger partial charge is 0.379 e. The highest BCUT2D eigenvalue weighted by atomic mass is 32.1. The lowest BCUT2D eigenvalue weighted by Crippen LogP contribution is -2.39. The molecule has 11 heteroatoms. The predicted molar refractivity (Wildman–Crippen MR) is 145 cm³/mol. The Balaban J connectivity index is 1.60. The zero-order valence-electron chi connectivity index (χ0n) is 22.0. The second kappa shape index (κ2) is 11.1. The number of thiazole rings is 1. The van der Waals surface area contributed by atoms with Crippen LogP contribution < -0.4 is 29.1 Å². The molecule has 0 saturated carbocycles. The van der Waals surface area contributed by atoms with Crippen LogP contribution in [0.15, 0.2) is 86.3 Å². The van der Waals surface area contributed by atoms with Crippen LogP contribution in [-0.4, -0.2) is 37.8 Å². The molecule has 0 saturated heterocycles. The third kappa shape index (κ3) is 4.94. The molecule has 10 nitrogen and oxygen atoms in total. The Morgan fingerprint density at radius 1 is 1.00 bits per heavy atom. The fourth-order valence-corrected chi connectivity index (χ4v) is 5.39. The van der Waals surface area contributed by atoms with Gasteiger partial charge in [-0.2, -0.15) is 0 Å². The van der Waals surface area contributed by atoms with Gasteiger partial charge >= 0.3 is 11.9 Å². The van der Waals surface area contributed by atoms with Gasteiger partial charge in [0, 0.05) is 11.6 Å². The Kier molecular flexibility index (Phi) is 7.39. The molecule has 4 aromatic rings. The lowest BCUT2D eigenvalue weighted by atomic mass is 9.96. The normalized spacial score (nSPS) is 14.8. The van der Waals surface area contributed by atoms with Gasteiger partial charge in [0.2, 0.25) is 5.76 Å². The first-order chi connectivity index (χ1) is 19.3. The summed E-state index contributed by atoms with van der Waals surface area (Å²) in [5.41, 5.74) is 1.59. The molecule has 5 rings (SSSR count). The van der Waals surface area contributed by atoms with Gasteiger partial charge in [-0.1, -0.05) is 23.5 Å². The first kappa shape index (κ1) is 26.7. The van der Waals surface area contributed by atoms with Crippen LogP contribution in [0.3, 0.4) is 0 Å². The molecule has 3 heterocycles. The molecule has 2 aromatic carbocycles. The quantitative estimate of drug-likeness (QED) is 0.250. The number of methoxy groups -OCH3 is 3. The summed E-state index contributed by atoms with van der Waals surface area (Å²) in [5, 5.41) is 0. The number of aromatic nitrogens is 1. The van der Waals surface area contributed by atoms with E-state index in [-0.39, 0.29) is 22.6 Å². The number of allylic oxidation sites excluding steroid dienone is 1. The molecular weight excluding hydrogens is 536 g/mol. The van der Waals surface area contributed by atoms with E-state index in [0.29, 0.717) is 37.7 Å². The van der Waals surface area contributed by atoms with Crippen molar-refractivity contribution in [3.8, 4) is 17.2 Å². The second-order valence-corrected chi connectivity index (χ2v) is 9.63. The molecule has 0 aliphatic carbocycles. The number of carbonyl (C=O) groups excluding carboxylic acids is 2. The fraction of sp³-hybridized carbons (Fsp3) is 0.172. The number of nitrogens with zero attached hydrogens (tertiary/aromatic N) is 2. The Morgan fingerprint density at radius 2 is 1.75 bits per heavy atom. The van der Waals surface area contributed by atoms with Crippen LogP contribution in [0, 0.1) is 0 Å². The van der Waals surface area contributed by atoms with Gasteiger partial charge in [0.25, 0.3) is 5.56 Å². The lowest BCUT2D eigenvalue weighted by Gasteiger charge is -2.24. The maximum absolute atomic E-state index is 13.8. The van der Waals surface area contributed by atoms with Gasteiger partial charge in [-0.05, 0) is 55.0 Å². The first-order valence-corrected chi connectivity index (χ1v) is 12.8. The fourth-order valence-electron chi connectivity index (χ4n) is 4.36. The van der Waals surface area contributed by atoms with E-state index in [2.05, 4.69) is 4.99 Å². The van der Waals surface area contributed by atoms with Gasteiger partial charge in [-0.15, -0.1) is 0 Å². The molecule has 0 radical (unpaired) electrons. The number of hydrogen-bond acceptors (Lipinski definition) is 10. The number of furan rings is 1. The summed E-state index contributed by atoms with van der Waals surface area (Å²) in [5.74, 6) is 0.233. The van der Waals surface area contributed by atoms with Gasteiger partial charge < -0.3 is 23.4 Å². The molecular formula is C29H24N2O8S. The molecule has 0 fully saturated rings. The van der Waals surface area contributed by atoms with Crippen molar-refractivity contribution in [1.29, 1.82) is 0 Å². The van der Waals surface area contributed by atoms with E-state index in [1.54, 1.807) is 68.6 Å². The monoisotopic (exact) mass is 560 g/mol. The molecule has 1 atom stereocenters. The Morgan fingerprint density at radius 3 is 2.40 bits per heavy atom. The molecule has 0 bridgehead atoms. The molecule has 1 aliphatic heterocycles. The highest BCUT2D eigenvalue weighted by Crippen LogP contribution is 2.32. The van der Waals surface area contributed by atoms with Gasteiger partial charge in [-0.3, -0.25) is 9.36 Å². The predicted octanol–water partition coefficient (Wildman–Crippen LogP) is 3.24. The largest absolute Gasteiger partial charge is 0.497 e. The van der Waals surface area contributed by atoms with E-state index >= 15 is 0 Å². The molecule has 0 spiro atoms. The van der Waals surface area contributed by atoms with Crippen molar-refractivity contribution >= 4 is 29.4 Å². The van der Waals surface area contributed by atoms with Crippen LogP contribution >= 0.6 is 11.3 Å². The summed E-state index contributed by atoms with van der Waals surface area (Å²) < 4.78 is 28.1. The van der Waals surface area contributed by atoms with E-state index in [4.69, 9.17) is 23.4 Å².